The van der Waals surface area contributed by atoms with Crippen molar-refractivity contribution >= 4 is 28.3 Å². The van der Waals surface area contributed by atoms with E-state index in [9.17, 15) is 4.79 Å². The summed E-state index contributed by atoms with van der Waals surface area (Å²) < 4.78 is 0. The summed E-state index contributed by atoms with van der Waals surface area (Å²) in [6.45, 7) is 10.7. The fraction of sp³-hybridized carbons (Fsp3) is 0.391. The second-order valence-electron chi connectivity index (χ2n) is 8.84. The Morgan fingerprint density at radius 1 is 1.11 bits per heavy atom. The fourth-order valence-electron chi connectivity index (χ4n) is 3.13. The predicted molar refractivity (Wildman–Crippen MR) is 118 cm³/mol. The Hall–Kier alpha value is -2.82. The Kier molecular flexibility index (Phi) is 5.20. The van der Waals surface area contributed by atoms with Crippen LogP contribution in [0, 0.1) is 0 Å². The molecule has 0 fully saturated rings. The van der Waals surface area contributed by atoms with Crippen LogP contribution in [-0.4, -0.2) is 30.0 Å². The lowest BCUT2D eigenvalue weighted by Crippen LogP contribution is -2.17. The molecule has 1 heterocycles. The summed E-state index contributed by atoms with van der Waals surface area (Å²) in [5.41, 5.74) is 5.43. The Bertz CT molecular complexity index is 992. The number of carbonyl (C=O) groups excluding carboxylic acids is 1. The van der Waals surface area contributed by atoms with Crippen LogP contribution in [0.25, 0.3) is 11.0 Å². The van der Waals surface area contributed by atoms with Crippen LogP contribution < -0.4 is 10.2 Å². The first kappa shape index (κ1) is 19.9. The van der Waals surface area contributed by atoms with Gasteiger partial charge >= 0.3 is 0 Å². The van der Waals surface area contributed by atoms with Gasteiger partial charge in [0.2, 0.25) is 0 Å². The number of fused-ring (bicyclic) bond motifs is 1. The molecule has 0 saturated heterocycles. The number of benzene rings is 2. The molecule has 0 saturated carbocycles. The highest BCUT2D eigenvalue weighted by atomic mass is 16.1. The van der Waals surface area contributed by atoms with Crippen LogP contribution in [-0.2, 0) is 5.41 Å². The van der Waals surface area contributed by atoms with E-state index < -0.39 is 0 Å². The van der Waals surface area contributed by atoms with Crippen molar-refractivity contribution in [3.63, 3.8) is 0 Å². The summed E-state index contributed by atoms with van der Waals surface area (Å²) in [5, 5.41) is 3.07. The third kappa shape index (κ3) is 4.03. The van der Waals surface area contributed by atoms with Crippen molar-refractivity contribution in [3.05, 3.63) is 53.3 Å². The first-order valence-electron chi connectivity index (χ1n) is 9.69. The molecule has 1 amide bonds. The summed E-state index contributed by atoms with van der Waals surface area (Å²) in [5.74, 6) is 1.14. The standard InChI is InChI=1S/C23H30N4O/c1-14(2)21-24-17-12-19(20(27(6)7)13-18(17)25-21)26-22(28)15-8-10-16(11-9-15)23(3,4)5/h8-14H,1-7H3,(H,24,25)(H,26,28). The summed E-state index contributed by atoms with van der Waals surface area (Å²) in [7, 11) is 3.93. The maximum absolute atomic E-state index is 12.8. The molecule has 5 nitrogen and oxygen atoms in total. The zero-order chi connectivity index (χ0) is 20.6. The molecular weight excluding hydrogens is 348 g/mol. The SMILES string of the molecule is CC(C)c1nc2cc(N(C)C)c(NC(=O)c3ccc(C(C)(C)C)cc3)cc2[nH]1. The molecule has 148 valence electrons. The Labute approximate surface area is 167 Å². The number of aromatic amines is 1. The molecule has 0 spiro atoms. The van der Waals surface area contributed by atoms with Crippen molar-refractivity contribution in [1.29, 1.82) is 0 Å². The van der Waals surface area contributed by atoms with Gasteiger partial charge in [0.1, 0.15) is 5.82 Å². The minimum Gasteiger partial charge on any atom is -0.376 e. The first-order chi connectivity index (χ1) is 13.1. The van der Waals surface area contributed by atoms with E-state index >= 15 is 0 Å². The third-order valence-electron chi connectivity index (χ3n) is 4.91. The van der Waals surface area contributed by atoms with Crippen LogP contribution in [0.3, 0.4) is 0 Å². The van der Waals surface area contributed by atoms with Gasteiger partial charge in [0.25, 0.3) is 5.91 Å². The van der Waals surface area contributed by atoms with Crippen molar-refractivity contribution < 1.29 is 4.79 Å². The fourth-order valence-corrected chi connectivity index (χ4v) is 3.13. The highest BCUT2D eigenvalue weighted by Crippen LogP contribution is 2.31. The molecule has 0 radical (unpaired) electrons. The molecule has 0 aliphatic carbocycles. The number of imidazole rings is 1. The highest BCUT2D eigenvalue weighted by Gasteiger charge is 2.17. The van der Waals surface area contributed by atoms with Gasteiger partial charge in [0, 0.05) is 25.6 Å². The zero-order valence-electron chi connectivity index (χ0n) is 17.8. The second kappa shape index (κ2) is 7.30. The Morgan fingerprint density at radius 3 is 2.29 bits per heavy atom. The molecule has 0 aliphatic rings. The van der Waals surface area contributed by atoms with E-state index in [4.69, 9.17) is 0 Å². The molecule has 3 rings (SSSR count). The number of nitrogens with zero attached hydrogens (tertiary/aromatic N) is 2. The van der Waals surface area contributed by atoms with Gasteiger partial charge in [-0.15, -0.1) is 0 Å². The minimum atomic E-state index is -0.119. The van der Waals surface area contributed by atoms with Gasteiger partial charge in [-0.2, -0.15) is 0 Å². The van der Waals surface area contributed by atoms with Crippen LogP contribution in [0.4, 0.5) is 11.4 Å². The number of carbonyl (C=O) groups is 1. The summed E-state index contributed by atoms with van der Waals surface area (Å²) >= 11 is 0. The molecule has 0 bridgehead atoms. The molecule has 28 heavy (non-hydrogen) atoms. The molecule has 2 aromatic carbocycles. The number of anilines is 2. The lowest BCUT2D eigenvalue weighted by Gasteiger charge is -2.20. The maximum Gasteiger partial charge on any atom is 0.255 e. The predicted octanol–water partition coefficient (Wildman–Crippen LogP) is 5.30. The van der Waals surface area contributed by atoms with E-state index in [2.05, 4.69) is 49.9 Å². The smallest absolute Gasteiger partial charge is 0.255 e. The van der Waals surface area contributed by atoms with E-state index in [-0.39, 0.29) is 11.3 Å². The van der Waals surface area contributed by atoms with Gasteiger partial charge in [-0.1, -0.05) is 46.8 Å². The zero-order valence-corrected chi connectivity index (χ0v) is 17.8. The van der Waals surface area contributed by atoms with Crippen molar-refractivity contribution in [2.45, 2.75) is 46.0 Å². The van der Waals surface area contributed by atoms with Crippen LogP contribution in [0.5, 0.6) is 0 Å². The van der Waals surface area contributed by atoms with E-state index in [0.29, 0.717) is 11.5 Å². The average Bonchev–Trinajstić information content (AvgIpc) is 3.03. The van der Waals surface area contributed by atoms with Crippen LogP contribution in [0.2, 0.25) is 0 Å². The average molecular weight is 379 g/mol. The quantitative estimate of drug-likeness (QED) is 0.647. The van der Waals surface area contributed by atoms with Crippen molar-refractivity contribution in [2.75, 3.05) is 24.3 Å². The summed E-state index contributed by atoms with van der Waals surface area (Å²) in [4.78, 5) is 22.9. The maximum atomic E-state index is 12.8. The number of hydrogen-bond donors (Lipinski definition) is 2. The Morgan fingerprint density at radius 2 is 1.75 bits per heavy atom. The highest BCUT2D eigenvalue weighted by molar-refractivity contribution is 6.07. The van der Waals surface area contributed by atoms with E-state index in [1.807, 2.05) is 55.4 Å². The van der Waals surface area contributed by atoms with Crippen molar-refractivity contribution in [3.8, 4) is 0 Å². The topological polar surface area (TPSA) is 61.0 Å². The van der Waals surface area contributed by atoms with Gasteiger partial charge in [-0.25, -0.2) is 4.98 Å². The Balaban J connectivity index is 1.93. The lowest BCUT2D eigenvalue weighted by atomic mass is 9.87. The number of rotatable bonds is 4. The van der Waals surface area contributed by atoms with Gasteiger partial charge in [-0.3, -0.25) is 4.79 Å². The minimum absolute atomic E-state index is 0.0624. The summed E-state index contributed by atoms with van der Waals surface area (Å²) in [6.07, 6.45) is 0. The molecule has 5 heteroatoms. The molecule has 1 aromatic heterocycles. The van der Waals surface area contributed by atoms with E-state index in [0.717, 1.165) is 28.2 Å². The van der Waals surface area contributed by atoms with Gasteiger partial charge < -0.3 is 15.2 Å². The van der Waals surface area contributed by atoms with Crippen LogP contribution >= 0.6 is 0 Å². The van der Waals surface area contributed by atoms with Gasteiger partial charge in [-0.05, 0) is 35.2 Å². The number of H-pyrrole nitrogens is 1. The molecule has 0 atom stereocenters. The third-order valence-corrected chi connectivity index (χ3v) is 4.91. The van der Waals surface area contributed by atoms with E-state index in [1.165, 1.54) is 5.56 Å². The number of nitrogens with one attached hydrogen (secondary N) is 2. The number of amides is 1. The lowest BCUT2D eigenvalue weighted by molar-refractivity contribution is 0.102. The van der Waals surface area contributed by atoms with Gasteiger partial charge in [0.15, 0.2) is 0 Å². The van der Waals surface area contributed by atoms with Gasteiger partial charge in [0.05, 0.1) is 22.4 Å². The molecule has 2 N–H and O–H groups in total. The van der Waals surface area contributed by atoms with Crippen LogP contribution in [0.15, 0.2) is 36.4 Å². The number of hydrogen-bond acceptors (Lipinski definition) is 3. The van der Waals surface area contributed by atoms with Crippen molar-refractivity contribution in [1.82, 2.24) is 9.97 Å². The number of aromatic nitrogens is 2. The molecule has 0 unspecified atom stereocenters. The van der Waals surface area contributed by atoms with Crippen molar-refractivity contribution in [2.24, 2.45) is 0 Å². The van der Waals surface area contributed by atoms with E-state index in [1.54, 1.807) is 0 Å². The molecule has 0 aliphatic heterocycles. The normalized spacial score (nSPS) is 11.9. The first-order valence-corrected chi connectivity index (χ1v) is 9.69. The summed E-state index contributed by atoms with van der Waals surface area (Å²) in [6, 6.07) is 11.8. The van der Waals surface area contributed by atoms with Crippen LogP contribution in [0.1, 0.15) is 62.3 Å². The molecule has 3 aromatic rings. The second-order valence-corrected chi connectivity index (χ2v) is 8.84. The monoisotopic (exact) mass is 378 g/mol. The largest absolute Gasteiger partial charge is 0.376 e. The molecular formula is C23H30N4O.